The van der Waals surface area contributed by atoms with Crippen molar-refractivity contribution in [2.75, 3.05) is 0 Å². The molecule has 1 amide bonds. The van der Waals surface area contributed by atoms with Gasteiger partial charge in [0.05, 0.1) is 11.0 Å². The Kier molecular flexibility index (Phi) is 3.94. The van der Waals surface area contributed by atoms with E-state index in [1.54, 1.807) is 6.92 Å². The standard InChI is InChI=1S/C14H19NO3S/c1-9-7-19-8-10(9)12(16)15-11-5-3-4-6-14(11,2)13(17)18/h7-8,11H,3-6H2,1-2H3,(H,15,16)(H,17,18). The lowest BCUT2D eigenvalue weighted by atomic mass is 9.71. The first kappa shape index (κ1) is 14.1. The molecule has 0 aliphatic heterocycles. The molecule has 2 atom stereocenters. The maximum absolute atomic E-state index is 12.2. The SMILES string of the molecule is Cc1cscc1C(=O)NC1CCCCC1(C)C(=O)O. The van der Waals surface area contributed by atoms with Gasteiger partial charge in [-0.1, -0.05) is 12.8 Å². The molecule has 0 bridgehead atoms. The van der Waals surface area contributed by atoms with Crippen LogP contribution in [0.15, 0.2) is 10.8 Å². The molecule has 0 saturated heterocycles. The third kappa shape index (κ3) is 2.66. The first-order valence-electron chi connectivity index (χ1n) is 6.52. The lowest BCUT2D eigenvalue weighted by molar-refractivity contribution is -0.151. The average Bonchev–Trinajstić information content (AvgIpc) is 2.78. The van der Waals surface area contributed by atoms with Crippen molar-refractivity contribution >= 4 is 23.2 Å². The summed E-state index contributed by atoms with van der Waals surface area (Å²) in [5.41, 5.74) is 0.747. The number of carboxylic acids is 1. The highest BCUT2D eigenvalue weighted by Crippen LogP contribution is 2.36. The minimum Gasteiger partial charge on any atom is -0.481 e. The number of carbonyl (C=O) groups is 2. The Labute approximate surface area is 116 Å². The summed E-state index contributed by atoms with van der Waals surface area (Å²) in [5.74, 6) is -0.974. The summed E-state index contributed by atoms with van der Waals surface area (Å²) < 4.78 is 0. The quantitative estimate of drug-likeness (QED) is 0.895. The smallest absolute Gasteiger partial charge is 0.311 e. The molecule has 1 aliphatic rings. The fraction of sp³-hybridized carbons (Fsp3) is 0.571. The minimum atomic E-state index is -0.849. The molecule has 19 heavy (non-hydrogen) atoms. The van der Waals surface area contributed by atoms with E-state index in [0.717, 1.165) is 24.8 Å². The number of carbonyl (C=O) groups excluding carboxylic acids is 1. The van der Waals surface area contributed by atoms with Gasteiger partial charge in [0.2, 0.25) is 0 Å². The summed E-state index contributed by atoms with van der Waals surface area (Å²) in [7, 11) is 0. The van der Waals surface area contributed by atoms with Crippen molar-refractivity contribution in [3.05, 3.63) is 21.9 Å². The van der Waals surface area contributed by atoms with Crippen LogP contribution >= 0.6 is 11.3 Å². The lowest BCUT2D eigenvalue weighted by Gasteiger charge is -2.38. The number of aliphatic carboxylic acids is 1. The number of hydrogen-bond acceptors (Lipinski definition) is 3. The zero-order chi connectivity index (χ0) is 14.0. The summed E-state index contributed by atoms with van der Waals surface area (Å²) in [6, 6.07) is -0.287. The van der Waals surface area contributed by atoms with Crippen LogP contribution in [0.5, 0.6) is 0 Å². The van der Waals surface area contributed by atoms with Crippen LogP contribution in [0.3, 0.4) is 0 Å². The van der Waals surface area contributed by atoms with E-state index in [-0.39, 0.29) is 11.9 Å². The number of amides is 1. The summed E-state index contributed by atoms with van der Waals surface area (Å²) in [6.07, 6.45) is 3.23. The summed E-state index contributed by atoms with van der Waals surface area (Å²) in [5, 5.41) is 16.1. The number of hydrogen-bond donors (Lipinski definition) is 2. The Morgan fingerprint density at radius 1 is 1.42 bits per heavy atom. The van der Waals surface area contributed by atoms with Gasteiger partial charge in [0.25, 0.3) is 5.91 Å². The van der Waals surface area contributed by atoms with Gasteiger partial charge < -0.3 is 10.4 Å². The molecule has 0 radical (unpaired) electrons. The van der Waals surface area contributed by atoms with E-state index < -0.39 is 11.4 Å². The maximum Gasteiger partial charge on any atom is 0.311 e. The largest absolute Gasteiger partial charge is 0.481 e. The third-order valence-corrected chi connectivity index (χ3v) is 4.96. The van der Waals surface area contributed by atoms with Crippen LogP contribution in [0, 0.1) is 12.3 Å². The molecule has 0 spiro atoms. The van der Waals surface area contributed by atoms with Crippen LogP contribution in [0.25, 0.3) is 0 Å². The van der Waals surface area contributed by atoms with Gasteiger partial charge in [-0.3, -0.25) is 9.59 Å². The van der Waals surface area contributed by atoms with Crippen molar-refractivity contribution in [1.29, 1.82) is 0 Å². The molecular weight excluding hydrogens is 262 g/mol. The van der Waals surface area contributed by atoms with E-state index in [1.165, 1.54) is 11.3 Å². The summed E-state index contributed by atoms with van der Waals surface area (Å²) >= 11 is 1.49. The summed E-state index contributed by atoms with van der Waals surface area (Å²) in [4.78, 5) is 23.7. The van der Waals surface area contributed by atoms with E-state index in [1.807, 2.05) is 17.7 Å². The predicted octanol–water partition coefficient (Wildman–Crippen LogP) is 2.82. The number of thiophene rings is 1. The molecule has 1 heterocycles. The Morgan fingerprint density at radius 2 is 2.16 bits per heavy atom. The van der Waals surface area contributed by atoms with Crippen molar-refractivity contribution < 1.29 is 14.7 Å². The van der Waals surface area contributed by atoms with Gasteiger partial charge in [-0.05, 0) is 37.6 Å². The van der Waals surface area contributed by atoms with Gasteiger partial charge >= 0.3 is 5.97 Å². The predicted molar refractivity (Wildman–Crippen MR) is 74.5 cm³/mol. The van der Waals surface area contributed by atoms with E-state index >= 15 is 0 Å². The van der Waals surface area contributed by atoms with Gasteiger partial charge in [-0.2, -0.15) is 11.3 Å². The Morgan fingerprint density at radius 3 is 2.74 bits per heavy atom. The molecule has 2 N–H and O–H groups in total. The maximum atomic E-state index is 12.2. The van der Waals surface area contributed by atoms with Crippen LogP contribution in [0.2, 0.25) is 0 Å². The average molecular weight is 281 g/mol. The van der Waals surface area contributed by atoms with Crippen molar-refractivity contribution in [2.24, 2.45) is 5.41 Å². The van der Waals surface area contributed by atoms with Crippen molar-refractivity contribution in [1.82, 2.24) is 5.32 Å². The van der Waals surface area contributed by atoms with Crippen LogP contribution in [-0.4, -0.2) is 23.0 Å². The molecule has 1 aromatic heterocycles. The van der Waals surface area contributed by atoms with Gasteiger partial charge in [-0.25, -0.2) is 0 Å². The van der Waals surface area contributed by atoms with Crippen molar-refractivity contribution in [3.8, 4) is 0 Å². The number of carboxylic acid groups (broad SMARTS) is 1. The van der Waals surface area contributed by atoms with Crippen LogP contribution < -0.4 is 5.32 Å². The van der Waals surface area contributed by atoms with Crippen molar-refractivity contribution in [2.45, 2.75) is 45.6 Å². The van der Waals surface area contributed by atoms with E-state index in [9.17, 15) is 14.7 Å². The topological polar surface area (TPSA) is 66.4 Å². The van der Waals surface area contributed by atoms with Crippen LogP contribution in [-0.2, 0) is 4.79 Å². The van der Waals surface area contributed by atoms with Crippen LogP contribution in [0.4, 0.5) is 0 Å². The second-order valence-electron chi connectivity index (χ2n) is 5.46. The molecule has 5 heteroatoms. The fourth-order valence-electron chi connectivity index (χ4n) is 2.65. The fourth-order valence-corrected chi connectivity index (χ4v) is 3.48. The first-order valence-corrected chi connectivity index (χ1v) is 7.46. The van der Waals surface area contributed by atoms with Gasteiger partial charge in [0.1, 0.15) is 0 Å². The number of rotatable bonds is 3. The molecule has 2 rings (SSSR count). The Bertz CT molecular complexity index is 497. The molecule has 2 unspecified atom stereocenters. The minimum absolute atomic E-state index is 0.155. The van der Waals surface area contributed by atoms with E-state index in [2.05, 4.69) is 5.32 Å². The zero-order valence-corrected chi connectivity index (χ0v) is 12.0. The molecule has 104 valence electrons. The van der Waals surface area contributed by atoms with Crippen LogP contribution in [0.1, 0.15) is 48.5 Å². The molecule has 1 saturated carbocycles. The van der Waals surface area contributed by atoms with E-state index in [0.29, 0.717) is 12.0 Å². The highest BCUT2D eigenvalue weighted by atomic mass is 32.1. The first-order chi connectivity index (χ1) is 8.95. The van der Waals surface area contributed by atoms with Gasteiger partial charge in [-0.15, -0.1) is 0 Å². The zero-order valence-electron chi connectivity index (χ0n) is 11.2. The Hall–Kier alpha value is -1.36. The second-order valence-corrected chi connectivity index (χ2v) is 6.21. The number of nitrogens with one attached hydrogen (secondary N) is 1. The molecule has 1 fully saturated rings. The second kappa shape index (κ2) is 5.33. The molecule has 0 aromatic carbocycles. The highest BCUT2D eigenvalue weighted by Gasteiger charge is 2.43. The normalized spacial score (nSPS) is 26.9. The molecule has 1 aromatic rings. The lowest BCUT2D eigenvalue weighted by Crippen LogP contribution is -2.52. The number of aryl methyl sites for hydroxylation is 1. The monoisotopic (exact) mass is 281 g/mol. The summed E-state index contributed by atoms with van der Waals surface area (Å²) in [6.45, 7) is 3.63. The Balaban J connectivity index is 2.15. The van der Waals surface area contributed by atoms with Crippen molar-refractivity contribution in [3.63, 3.8) is 0 Å². The molecule has 4 nitrogen and oxygen atoms in total. The van der Waals surface area contributed by atoms with Gasteiger partial charge in [0, 0.05) is 11.4 Å². The van der Waals surface area contributed by atoms with Gasteiger partial charge in [0.15, 0.2) is 0 Å². The van der Waals surface area contributed by atoms with E-state index in [4.69, 9.17) is 0 Å². The molecular formula is C14H19NO3S. The third-order valence-electron chi connectivity index (χ3n) is 4.10. The molecule has 1 aliphatic carbocycles. The highest BCUT2D eigenvalue weighted by molar-refractivity contribution is 7.08.